The fourth-order valence-corrected chi connectivity index (χ4v) is 1.77. The standard InChI is InChI=1S/C9H15NOS/c1-7(10-2)6-8(11)9-4-3-5-12-9/h3-5,7-8,10-11H,6H2,1-2H3/t7-,8+/m1/s1. The number of nitrogens with one attached hydrogen (secondary N) is 1. The van der Waals surface area contributed by atoms with E-state index in [1.165, 1.54) is 0 Å². The maximum Gasteiger partial charge on any atom is 0.0896 e. The van der Waals surface area contributed by atoms with Crippen molar-refractivity contribution in [2.24, 2.45) is 0 Å². The number of hydrogen-bond acceptors (Lipinski definition) is 3. The summed E-state index contributed by atoms with van der Waals surface area (Å²) >= 11 is 1.61. The van der Waals surface area contributed by atoms with Crippen LogP contribution in [0.3, 0.4) is 0 Å². The highest BCUT2D eigenvalue weighted by atomic mass is 32.1. The van der Waals surface area contributed by atoms with E-state index in [0.717, 1.165) is 11.3 Å². The van der Waals surface area contributed by atoms with Gasteiger partial charge in [0.25, 0.3) is 0 Å². The summed E-state index contributed by atoms with van der Waals surface area (Å²) in [4.78, 5) is 1.05. The lowest BCUT2D eigenvalue weighted by Gasteiger charge is -2.14. The van der Waals surface area contributed by atoms with E-state index in [0.29, 0.717) is 6.04 Å². The van der Waals surface area contributed by atoms with Gasteiger partial charge in [0.05, 0.1) is 6.10 Å². The smallest absolute Gasteiger partial charge is 0.0896 e. The molecule has 0 spiro atoms. The molecule has 68 valence electrons. The van der Waals surface area contributed by atoms with Crippen LogP contribution in [0.25, 0.3) is 0 Å². The minimum Gasteiger partial charge on any atom is -0.388 e. The predicted octanol–water partition coefficient (Wildman–Crippen LogP) is 1.78. The van der Waals surface area contributed by atoms with E-state index >= 15 is 0 Å². The molecule has 12 heavy (non-hydrogen) atoms. The molecule has 1 aromatic rings. The summed E-state index contributed by atoms with van der Waals surface area (Å²) in [5, 5.41) is 14.8. The van der Waals surface area contributed by atoms with E-state index < -0.39 is 0 Å². The maximum absolute atomic E-state index is 9.68. The molecule has 0 bridgehead atoms. The topological polar surface area (TPSA) is 32.3 Å². The van der Waals surface area contributed by atoms with Crippen molar-refractivity contribution in [1.29, 1.82) is 0 Å². The van der Waals surface area contributed by atoms with Crippen molar-refractivity contribution in [2.45, 2.75) is 25.5 Å². The first-order chi connectivity index (χ1) is 5.74. The lowest BCUT2D eigenvalue weighted by molar-refractivity contribution is 0.159. The van der Waals surface area contributed by atoms with Gasteiger partial charge < -0.3 is 10.4 Å². The molecular formula is C9H15NOS. The van der Waals surface area contributed by atoms with E-state index in [-0.39, 0.29) is 6.10 Å². The highest BCUT2D eigenvalue weighted by molar-refractivity contribution is 7.10. The Bertz CT molecular complexity index is 210. The minimum atomic E-state index is -0.313. The Morgan fingerprint density at radius 1 is 1.67 bits per heavy atom. The van der Waals surface area contributed by atoms with Crippen molar-refractivity contribution in [3.63, 3.8) is 0 Å². The van der Waals surface area contributed by atoms with Crippen molar-refractivity contribution in [3.05, 3.63) is 22.4 Å². The summed E-state index contributed by atoms with van der Waals surface area (Å²) in [5.74, 6) is 0. The number of thiophene rings is 1. The van der Waals surface area contributed by atoms with Gasteiger partial charge in [0.15, 0.2) is 0 Å². The molecule has 1 heterocycles. The minimum absolute atomic E-state index is 0.313. The highest BCUT2D eigenvalue weighted by Gasteiger charge is 2.11. The molecular weight excluding hydrogens is 170 g/mol. The Labute approximate surface area is 77.2 Å². The quantitative estimate of drug-likeness (QED) is 0.749. The van der Waals surface area contributed by atoms with E-state index in [1.807, 2.05) is 24.6 Å². The molecule has 0 amide bonds. The van der Waals surface area contributed by atoms with Gasteiger partial charge in [-0.3, -0.25) is 0 Å². The Morgan fingerprint density at radius 3 is 2.92 bits per heavy atom. The first-order valence-corrected chi connectivity index (χ1v) is 5.00. The summed E-state index contributed by atoms with van der Waals surface area (Å²) in [5.41, 5.74) is 0. The second-order valence-electron chi connectivity index (χ2n) is 2.96. The summed E-state index contributed by atoms with van der Waals surface area (Å²) in [6.45, 7) is 2.07. The monoisotopic (exact) mass is 185 g/mol. The predicted molar refractivity (Wildman–Crippen MR) is 52.4 cm³/mol. The van der Waals surface area contributed by atoms with Crippen molar-refractivity contribution in [1.82, 2.24) is 5.32 Å². The fraction of sp³-hybridized carbons (Fsp3) is 0.556. The van der Waals surface area contributed by atoms with Gasteiger partial charge in [-0.15, -0.1) is 11.3 Å². The zero-order valence-corrected chi connectivity index (χ0v) is 8.27. The zero-order valence-electron chi connectivity index (χ0n) is 7.45. The molecule has 0 unspecified atom stereocenters. The average Bonchev–Trinajstić information content (AvgIpc) is 2.56. The van der Waals surface area contributed by atoms with Gasteiger partial charge in [-0.2, -0.15) is 0 Å². The SMILES string of the molecule is CN[C@H](C)C[C@H](O)c1cccs1. The molecule has 3 heteroatoms. The van der Waals surface area contributed by atoms with Crippen LogP contribution in [0.2, 0.25) is 0 Å². The lowest BCUT2D eigenvalue weighted by Crippen LogP contribution is -2.23. The molecule has 1 rings (SSSR count). The Morgan fingerprint density at radius 2 is 2.42 bits per heavy atom. The Balaban J connectivity index is 2.44. The van der Waals surface area contributed by atoms with Crippen LogP contribution in [-0.4, -0.2) is 18.2 Å². The van der Waals surface area contributed by atoms with Gasteiger partial charge in [-0.1, -0.05) is 6.07 Å². The van der Waals surface area contributed by atoms with Crippen LogP contribution in [0.4, 0.5) is 0 Å². The van der Waals surface area contributed by atoms with Crippen LogP contribution < -0.4 is 5.32 Å². The van der Waals surface area contributed by atoms with Gasteiger partial charge in [-0.25, -0.2) is 0 Å². The third-order valence-electron chi connectivity index (χ3n) is 1.94. The third kappa shape index (κ3) is 2.59. The van der Waals surface area contributed by atoms with Crippen LogP contribution in [0.5, 0.6) is 0 Å². The highest BCUT2D eigenvalue weighted by Crippen LogP contribution is 2.22. The van der Waals surface area contributed by atoms with Crippen LogP contribution in [0.1, 0.15) is 24.3 Å². The fourth-order valence-electron chi connectivity index (χ4n) is 1.05. The number of aliphatic hydroxyl groups excluding tert-OH is 1. The average molecular weight is 185 g/mol. The molecule has 0 aromatic carbocycles. The molecule has 2 nitrogen and oxygen atoms in total. The molecule has 0 fully saturated rings. The van der Waals surface area contributed by atoms with Crippen LogP contribution in [0.15, 0.2) is 17.5 Å². The molecule has 1 aromatic heterocycles. The normalized spacial score (nSPS) is 15.9. The number of aliphatic hydroxyl groups is 1. The molecule has 2 N–H and O–H groups in total. The molecule has 0 aliphatic heterocycles. The van der Waals surface area contributed by atoms with Gasteiger partial charge >= 0.3 is 0 Å². The van der Waals surface area contributed by atoms with Crippen molar-refractivity contribution >= 4 is 11.3 Å². The second-order valence-corrected chi connectivity index (χ2v) is 3.94. The van der Waals surface area contributed by atoms with Crippen LogP contribution >= 0.6 is 11.3 Å². The maximum atomic E-state index is 9.68. The summed E-state index contributed by atoms with van der Waals surface area (Å²) in [6.07, 6.45) is 0.462. The first kappa shape index (κ1) is 9.71. The van der Waals surface area contributed by atoms with E-state index in [1.54, 1.807) is 11.3 Å². The summed E-state index contributed by atoms with van der Waals surface area (Å²) < 4.78 is 0. The summed E-state index contributed by atoms with van der Waals surface area (Å²) in [6, 6.07) is 4.30. The molecule has 0 saturated heterocycles. The van der Waals surface area contributed by atoms with E-state index in [9.17, 15) is 5.11 Å². The van der Waals surface area contributed by atoms with Crippen LogP contribution in [0, 0.1) is 0 Å². The molecule has 2 atom stereocenters. The Hall–Kier alpha value is -0.380. The molecule has 0 radical (unpaired) electrons. The molecule has 0 aliphatic rings. The summed E-state index contributed by atoms with van der Waals surface area (Å²) in [7, 11) is 1.91. The van der Waals surface area contributed by atoms with Crippen molar-refractivity contribution in [3.8, 4) is 0 Å². The van der Waals surface area contributed by atoms with Gasteiger partial charge in [0.2, 0.25) is 0 Å². The second kappa shape index (κ2) is 4.60. The first-order valence-electron chi connectivity index (χ1n) is 4.12. The number of hydrogen-bond donors (Lipinski definition) is 2. The van der Waals surface area contributed by atoms with Crippen molar-refractivity contribution in [2.75, 3.05) is 7.05 Å². The zero-order chi connectivity index (χ0) is 8.97. The van der Waals surface area contributed by atoms with Crippen LogP contribution in [-0.2, 0) is 0 Å². The molecule has 0 aliphatic carbocycles. The largest absolute Gasteiger partial charge is 0.388 e. The van der Waals surface area contributed by atoms with Gasteiger partial charge in [0, 0.05) is 10.9 Å². The van der Waals surface area contributed by atoms with Gasteiger partial charge in [0.1, 0.15) is 0 Å². The Kier molecular flexibility index (Phi) is 3.72. The van der Waals surface area contributed by atoms with E-state index in [4.69, 9.17) is 0 Å². The lowest BCUT2D eigenvalue weighted by atomic mass is 10.1. The van der Waals surface area contributed by atoms with E-state index in [2.05, 4.69) is 12.2 Å². The number of rotatable bonds is 4. The third-order valence-corrected chi connectivity index (χ3v) is 2.91. The molecule has 0 saturated carbocycles. The van der Waals surface area contributed by atoms with Crippen molar-refractivity contribution < 1.29 is 5.11 Å². The van der Waals surface area contributed by atoms with Gasteiger partial charge in [-0.05, 0) is 31.8 Å².